The summed E-state index contributed by atoms with van der Waals surface area (Å²) >= 11 is 1.61. The SMILES string of the molecule is C=CCC(SCc1ccc(OC)cc1)=C(C(=O)OCC)c1cccnc1. The summed E-state index contributed by atoms with van der Waals surface area (Å²) in [6.07, 6.45) is 5.75. The molecule has 0 aliphatic rings. The molecule has 2 rings (SSSR count). The average molecular weight is 369 g/mol. The lowest BCUT2D eigenvalue weighted by Gasteiger charge is -2.14. The molecule has 0 spiro atoms. The first kappa shape index (κ1) is 19.8. The van der Waals surface area contributed by atoms with Crippen LogP contribution in [0, 0.1) is 0 Å². The molecular weight excluding hydrogens is 346 g/mol. The molecule has 0 bridgehead atoms. The van der Waals surface area contributed by atoms with Gasteiger partial charge in [0.2, 0.25) is 0 Å². The third-order valence-corrected chi connectivity index (χ3v) is 4.81. The lowest BCUT2D eigenvalue weighted by atomic mass is 10.1. The Labute approximate surface area is 158 Å². The molecule has 0 saturated carbocycles. The Kier molecular flexibility index (Phi) is 7.96. The molecule has 136 valence electrons. The van der Waals surface area contributed by atoms with Crippen molar-refractivity contribution in [3.63, 3.8) is 0 Å². The first-order valence-corrected chi connectivity index (χ1v) is 9.35. The number of aromatic nitrogens is 1. The molecule has 0 aliphatic heterocycles. The number of methoxy groups -OCH3 is 1. The Bertz CT molecular complexity index is 755. The zero-order valence-corrected chi connectivity index (χ0v) is 15.9. The van der Waals surface area contributed by atoms with Gasteiger partial charge in [-0.25, -0.2) is 4.79 Å². The van der Waals surface area contributed by atoms with Gasteiger partial charge in [-0.2, -0.15) is 0 Å². The molecule has 0 saturated heterocycles. The Morgan fingerprint density at radius 1 is 1.27 bits per heavy atom. The number of nitrogens with zero attached hydrogens (tertiary/aromatic N) is 1. The molecular formula is C21H23NO3S. The minimum Gasteiger partial charge on any atom is -0.497 e. The summed E-state index contributed by atoms with van der Waals surface area (Å²) in [4.78, 5) is 17.6. The normalized spacial score (nSPS) is 11.5. The van der Waals surface area contributed by atoms with E-state index in [0.29, 0.717) is 18.6 Å². The maximum Gasteiger partial charge on any atom is 0.339 e. The Hall–Kier alpha value is -2.53. The van der Waals surface area contributed by atoms with E-state index in [1.807, 2.05) is 36.4 Å². The van der Waals surface area contributed by atoms with Crippen LogP contribution < -0.4 is 4.74 Å². The third kappa shape index (κ3) is 5.49. The van der Waals surface area contributed by atoms with Crippen LogP contribution in [0.5, 0.6) is 5.75 Å². The number of hydrogen-bond acceptors (Lipinski definition) is 5. The summed E-state index contributed by atoms with van der Waals surface area (Å²) in [5, 5.41) is 0. The standard InChI is InChI=1S/C21H23NO3S/c1-4-7-19(26-15-16-9-11-18(24-3)12-10-16)20(21(23)25-5-2)17-8-6-13-22-14-17/h4,6,8-14H,1,5,7,15H2,2-3H3. The highest BCUT2D eigenvalue weighted by molar-refractivity contribution is 8.02. The van der Waals surface area contributed by atoms with Gasteiger partial charge in [-0.05, 0) is 37.1 Å². The van der Waals surface area contributed by atoms with Gasteiger partial charge in [0.1, 0.15) is 5.75 Å². The summed E-state index contributed by atoms with van der Waals surface area (Å²) in [7, 11) is 1.65. The van der Waals surface area contributed by atoms with E-state index < -0.39 is 0 Å². The number of ether oxygens (including phenoxy) is 2. The van der Waals surface area contributed by atoms with E-state index in [1.54, 1.807) is 44.3 Å². The van der Waals surface area contributed by atoms with Crippen LogP contribution in [0.1, 0.15) is 24.5 Å². The average Bonchev–Trinajstić information content (AvgIpc) is 2.68. The van der Waals surface area contributed by atoms with Crippen LogP contribution in [0.3, 0.4) is 0 Å². The van der Waals surface area contributed by atoms with Crippen LogP contribution in [0.25, 0.3) is 5.57 Å². The van der Waals surface area contributed by atoms with Crippen LogP contribution >= 0.6 is 11.8 Å². The molecule has 1 aromatic carbocycles. The fourth-order valence-electron chi connectivity index (χ4n) is 2.36. The highest BCUT2D eigenvalue weighted by Gasteiger charge is 2.19. The van der Waals surface area contributed by atoms with E-state index in [9.17, 15) is 4.79 Å². The minimum absolute atomic E-state index is 0.326. The van der Waals surface area contributed by atoms with Gasteiger partial charge in [-0.3, -0.25) is 4.98 Å². The predicted octanol–water partition coefficient (Wildman–Crippen LogP) is 4.87. The predicted molar refractivity (Wildman–Crippen MR) is 107 cm³/mol. The number of thioether (sulfide) groups is 1. The van der Waals surface area contributed by atoms with Gasteiger partial charge in [0.05, 0.1) is 19.3 Å². The molecule has 1 aromatic heterocycles. The van der Waals surface area contributed by atoms with Gasteiger partial charge >= 0.3 is 5.97 Å². The summed E-state index contributed by atoms with van der Waals surface area (Å²) in [5.41, 5.74) is 2.45. The first-order chi connectivity index (χ1) is 12.7. The van der Waals surface area contributed by atoms with Crippen molar-refractivity contribution in [2.75, 3.05) is 13.7 Å². The Balaban J connectivity index is 2.32. The molecule has 0 atom stereocenters. The summed E-state index contributed by atoms with van der Waals surface area (Å²) < 4.78 is 10.5. The van der Waals surface area contributed by atoms with Gasteiger partial charge in [0, 0.05) is 28.6 Å². The van der Waals surface area contributed by atoms with E-state index in [0.717, 1.165) is 27.5 Å². The van der Waals surface area contributed by atoms with Crippen LogP contribution in [0.2, 0.25) is 0 Å². The number of carbonyl (C=O) groups excluding carboxylic acids is 1. The summed E-state index contributed by atoms with van der Waals surface area (Å²) in [6.45, 7) is 5.96. The van der Waals surface area contributed by atoms with Crippen LogP contribution in [-0.4, -0.2) is 24.7 Å². The van der Waals surface area contributed by atoms with E-state index >= 15 is 0 Å². The van der Waals surface area contributed by atoms with Crippen molar-refractivity contribution in [3.05, 3.63) is 77.5 Å². The molecule has 0 unspecified atom stereocenters. The van der Waals surface area contributed by atoms with Crippen molar-refractivity contribution < 1.29 is 14.3 Å². The van der Waals surface area contributed by atoms with E-state index in [1.165, 1.54) is 0 Å². The van der Waals surface area contributed by atoms with Gasteiger partial charge in [-0.1, -0.05) is 24.3 Å². The lowest BCUT2D eigenvalue weighted by molar-refractivity contribution is -0.136. The van der Waals surface area contributed by atoms with Crippen molar-refractivity contribution in [1.82, 2.24) is 4.98 Å². The molecule has 0 amide bonds. The second-order valence-corrected chi connectivity index (χ2v) is 6.46. The molecule has 0 radical (unpaired) electrons. The second kappa shape index (κ2) is 10.5. The summed E-state index contributed by atoms with van der Waals surface area (Å²) in [6, 6.07) is 11.6. The van der Waals surface area contributed by atoms with Crippen LogP contribution in [0.15, 0.2) is 66.4 Å². The molecule has 4 nitrogen and oxygen atoms in total. The number of carbonyl (C=O) groups is 1. The van der Waals surface area contributed by atoms with Crippen molar-refractivity contribution in [3.8, 4) is 5.75 Å². The first-order valence-electron chi connectivity index (χ1n) is 8.36. The maximum absolute atomic E-state index is 12.6. The van der Waals surface area contributed by atoms with Crippen molar-refractivity contribution >= 4 is 23.3 Å². The molecule has 26 heavy (non-hydrogen) atoms. The second-order valence-electron chi connectivity index (χ2n) is 5.39. The van der Waals surface area contributed by atoms with E-state index in [-0.39, 0.29) is 5.97 Å². The van der Waals surface area contributed by atoms with Gasteiger partial charge in [-0.15, -0.1) is 18.3 Å². The highest BCUT2D eigenvalue weighted by atomic mass is 32.2. The number of rotatable bonds is 9. The van der Waals surface area contributed by atoms with Crippen LogP contribution in [-0.2, 0) is 15.3 Å². The van der Waals surface area contributed by atoms with Crippen molar-refractivity contribution in [2.45, 2.75) is 19.1 Å². The molecule has 2 aromatic rings. The smallest absolute Gasteiger partial charge is 0.339 e. The van der Waals surface area contributed by atoms with Crippen LogP contribution in [0.4, 0.5) is 0 Å². The number of pyridine rings is 1. The van der Waals surface area contributed by atoms with Gasteiger partial charge in [0.25, 0.3) is 0 Å². The fraction of sp³-hybridized carbons (Fsp3) is 0.238. The van der Waals surface area contributed by atoms with E-state index in [2.05, 4.69) is 11.6 Å². The highest BCUT2D eigenvalue weighted by Crippen LogP contribution is 2.33. The zero-order valence-electron chi connectivity index (χ0n) is 15.1. The number of esters is 1. The number of hydrogen-bond donors (Lipinski definition) is 0. The monoisotopic (exact) mass is 369 g/mol. The summed E-state index contributed by atoms with van der Waals surface area (Å²) in [5.74, 6) is 1.22. The largest absolute Gasteiger partial charge is 0.497 e. The Morgan fingerprint density at radius 3 is 2.62 bits per heavy atom. The molecule has 5 heteroatoms. The number of allylic oxidation sites excluding steroid dienone is 2. The number of benzene rings is 1. The quantitative estimate of drug-likeness (QED) is 0.358. The Morgan fingerprint density at radius 2 is 2.04 bits per heavy atom. The molecule has 0 N–H and O–H groups in total. The molecule has 0 fully saturated rings. The van der Waals surface area contributed by atoms with Gasteiger partial charge in [0.15, 0.2) is 0 Å². The maximum atomic E-state index is 12.6. The topological polar surface area (TPSA) is 48.4 Å². The minimum atomic E-state index is -0.334. The van der Waals surface area contributed by atoms with Gasteiger partial charge < -0.3 is 9.47 Å². The fourth-order valence-corrected chi connectivity index (χ4v) is 3.48. The molecule has 0 aliphatic carbocycles. The zero-order chi connectivity index (χ0) is 18.8. The van der Waals surface area contributed by atoms with Crippen molar-refractivity contribution in [2.24, 2.45) is 0 Å². The lowest BCUT2D eigenvalue weighted by Crippen LogP contribution is -2.09. The van der Waals surface area contributed by atoms with E-state index in [4.69, 9.17) is 9.47 Å². The van der Waals surface area contributed by atoms with Crippen molar-refractivity contribution in [1.29, 1.82) is 0 Å². The molecule has 1 heterocycles. The third-order valence-electron chi connectivity index (χ3n) is 3.61.